The van der Waals surface area contributed by atoms with E-state index in [1.807, 2.05) is 6.08 Å². The van der Waals surface area contributed by atoms with Gasteiger partial charge in [-0.25, -0.2) is 0 Å². The monoisotopic (exact) mass is 462 g/mol. The zero-order chi connectivity index (χ0) is 23.3. The highest BCUT2D eigenvalue weighted by Gasteiger charge is 2.37. The average Bonchev–Trinajstić information content (AvgIpc) is 3.22. The van der Waals surface area contributed by atoms with E-state index >= 15 is 0 Å². The second-order valence-corrected chi connectivity index (χ2v) is 10.4. The maximum absolute atomic E-state index is 12.6. The molecular formula is C28H46O5. The van der Waals surface area contributed by atoms with E-state index in [1.54, 1.807) is 0 Å². The first-order valence-electron chi connectivity index (χ1n) is 13.7. The van der Waals surface area contributed by atoms with E-state index in [9.17, 15) is 9.59 Å². The molecule has 0 aromatic heterocycles. The Bertz CT molecular complexity index is 603. The number of carbonyl (C=O) groups is 2. The average molecular weight is 463 g/mol. The summed E-state index contributed by atoms with van der Waals surface area (Å²) >= 11 is 0. The summed E-state index contributed by atoms with van der Waals surface area (Å²) < 4.78 is 17.0. The molecule has 0 radical (unpaired) electrons. The van der Waals surface area contributed by atoms with Crippen LogP contribution in [0.4, 0.5) is 0 Å². The highest BCUT2D eigenvalue weighted by atomic mass is 16.7. The van der Waals surface area contributed by atoms with Crippen molar-refractivity contribution in [1.82, 2.24) is 0 Å². The van der Waals surface area contributed by atoms with Crippen LogP contribution in [0.5, 0.6) is 0 Å². The van der Waals surface area contributed by atoms with Gasteiger partial charge in [-0.3, -0.25) is 9.59 Å². The van der Waals surface area contributed by atoms with Gasteiger partial charge in [0.05, 0.1) is 13.2 Å². The highest BCUT2D eigenvalue weighted by molar-refractivity contribution is 5.89. The number of esters is 1. The number of methoxy groups -OCH3 is 1. The molecule has 2 saturated carbocycles. The number of ketones is 1. The first-order chi connectivity index (χ1) is 16.2. The molecule has 0 aromatic rings. The van der Waals surface area contributed by atoms with Crippen LogP contribution in [0.25, 0.3) is 0 Å². The fraction of sp³-hybridized carbons (Fsp3) is 0.857. The first kappa shape index (κ1) is 26.4. The minimum atomic E-state index is -0.116. The summed E-state index contributed by atoms with van der Waals surface area (Å²) in [7, 11) is 1.45. The Kier molecular flexibility index (Phi) is 11.9. The highest BCUT2D eigenvalue weighted by Crippen LogP contribution is 2.40. The molecule has 4 unspecified atom stereocenters. The largest absolute Gasteiger partial charge is 0.469 e. The number of unbranched alkanes of at least 4 members (excludes halogenated alkanes) is 3. The van der Waals surface area contributed by atoms with Crippen LogP contribution in [-0.4, -0.2) is 37.9 Å². The zero-order valence-corrected chi connectivity index (χ0v) is 20.8. The molecule has 4 atom stereocenters. The van der Waals surface area contributed by atoms with Gasteiger partial charge in [-0.2, -0.15) is 0 Å². The van der Waals surface area contributed by atoms with Crippen molar-refractivity contribution in [3.63, 3.8) is 0 Å². The predicted molar refractivity (Wildman–Crippen MR) is 130 cm³/mol. The maximum Gasteiger partial charge on any atom is 0.305 e. The Hall–Kier alpha value is -1.20. The lowest BCUT2D eigenvalue weighted by atomic mass is 9.85. The van der Waals surface area contributed by atoms with Crippen molar-refractivity contribution < 1.29 is 23.8 Å². The van der Waals surface area contributed by atoms with E-state index in [2.05, 4.69) is 6.08 Å². The van der Waals surface area contributed by atoms with Gasteiger partial charge in [0, 0.05) is 19.4 Å². The van der Waals surface area contributed by atoms with E-state index in [-0.39, 0.29) is 18.4 Å². The zero-order valence-electron chi connectivity index (χ0n) is 20.8. The third kappa shape index (κ3) is 9.52. The van der Waals surface area contributed by atoms with Crippen LogP contribution in [0, 0.1) is 17.8 Å². The molecule has 1 heterocycles. The van der Waals surface area contributed by atoms with Gasteiger partial charge in [-0.1, -0.05) is 57.4 Å². The third-order valence-corrected chi connectivity index (χ3v) is 7.92. The van der Waals surface area contributed by atoms with Crippen LogP contribution in [0.15, 0.2) is 12.2 Å². The molecule has 5 nitrogen and oxygen atoms in total. The van der Waals surface area contributed by atoms with E-state index in [4.69, 9.17) is 14.2 Å². The van der Waals surface area contributed by atoms with Gasteiger partial charge in [0.15, 0.2) is 12.1 Å². The molecule has 5 heteroatoms. The van der Waals surface area contributed by atoms with Crippen LogP contribution >= 0.6 is 0 Å². The molecule has 0 amide bonds. The van der Waals surface area contributed by atoms with Gasteiger partial charge in [0.2, 0.25) is 0 Å². The quantitative estimate of drug-likeness (QED) is 0.177. The molecule has 188 valence electrons. The van der Waals surface area contributed by atoms with Gasteiger partial charge in [-0.05, 0) is 68.8 Å². The molecule has 3 rings (SSSR count). The van der Waals surface area contributed by atoms with Crippen molar-refractivity contribution in [2.45, 2.75) is 122 Å². The summed E-state index contributed by atoms with van der Waals surface area (Å²) in [6, 6.07) is 0. The SMILES string of the molecule is COC(=O)CCCCCCC1C(/C=C/C(=O)CC2CCCCC2)CCC1OC1CCCCO1. The Labute approximate surface area is 201 Å². The smallest absolute Gasteiger partial charge is 0.305 e. The molecule has 33 heavy (non-hydrogen) atoms. The molecule has 1 aliphatic heterocycles. The topological polar surface area (TPSA) is 61.8 Å². The molecule has 0 aromatic carbocycles. The number of hydrogen-bond donors (Lipinski definition) is 0. The molecule has 0 bridgehead atoms. The van der Waals surface area contributed by atoms with Gasteiger partial charge < -0.3 is 14.2 Å². The second-order valence-electron chi connectivity index (χ2n) is 10.4. The fourth-order valence-corrected chi connectivity index (χ4v) is 5.96. The van der Waals surface area contributed by atoms with Crippen molar-refractivity contribution in [2.24, 2.45) is 17.8 Å². The summed E-state index contributed by atoms with van der Waals surface area (Å²) in [6.07, 6.45) is 22.6. The first-order valence-corrected chi connectivity index (χ1v) is 13.7. The van der Waals surface area contributed by atoms with E-state index in [0.717, 1.165) is 70.8 Å². The van der Waals surface area contributed by atoms with Gasteiger partial charge in [-0.15, -0.1) is 0 Å². The standard InChI is InChI=1S/C28H46O5/c1-31-27(30)14-8-3-2-7-13-25-23(16-18-24(29)21-22-11-5-4-6-12-22)17-19-26(25)33-28-15-9-10-20-32-28/h16,18,22-23,25-26,28H,2-15,17,19-21H2,1H3/b18-16+. The third-order valence-electron chi connectivity index (χ3n) is 7.92. The Morgan fingerprint density at radius 3 is 2.45 bits per heavy atom. The molecule has 2 aliphatic carbocycles. The van der Waals surface area contributed by atoms with E-state index < -0.39 is 0 Å². The van der Waals surface area contributed by atoms with Crippen LogP contribution in [0.3, 0.4) is 0 Å². The Morgan fingerprint density at radius 2 is 1.70 bits per heavy atom. The number of ether oxygens (including phenoxy) is 3. The number of allylic oxidation sites excluding steroid dienone is 2. The number of hydrogen-bond acceptors (Lipinski definition) is 5. The summed E-state index contributed by atoms with van der Waals surface area (Å²) in [6.45, 7) is 0.807. The Morgan fingerprint density at radius 1 is 0.909 bits per heavy atom. The maximum atomic E-state index is 12.6. The number of carbonyl (C=O) groups excluding carboxylic acids is 2. The van der Waals surface area contributed by atoms with Gasteiger partial charge in [0.1, 0.15) is 0 Å². The minimum Gasteiger partial charge on any atom is -0.469 e. The summed E-state index contributed by atoms with van der Waals surface area (Å²) in [5.74, 6) is 1.66. The van der Waals surface area contributed by atoms with Crippen molar-refractivity contribution in [3.05, 3.63) is 12.2 Å². The van der Waals surface area contributed by atoms with Gasteiger partial charge in [0.25, 0.3) is 0 Å². The van der Waals surface area contributed by atoms with Crippen molar-refractivity contribution in [2.75, 3.05) is 13.7 Å². The molecule has 3 aliphatic rings. The molecule has 0 spiro atoms. The van der Waals surface area contributed by atoms with Crippen LogP contribution in [0.1, 0.15) is 109 Å². The second kappa shape index (κ2) is 14.9. The molecule has 3 fully saturated rings. The van der Waals surface area contributed by atoms with Gasteiger partial charge >= 0.3 is 5.97 Å². The van der Waals surface area contributed by atoms with Crippen LogP contribution in [0.2, 0.25) is 0 Å². The molecule has 0 N–H and O–H groups in total. The summed E-state index contributed by atoms with van der Waals surface area (Å²) in [5, 5.41) is 0. The fourth-order valence-electron chi connectivity index (χ4n) is 5.96. The lowest BCUT2D eigenvalue weighted by molar-refractivity contribution is -0.195. The Balaban J connectivity index is 1.48. The van der Waals surface area contributed by atoms with E-state index in [1.165, 1.54) is 45.6 Å². The summed E-state index contributed by atoms with van der Waals surface area (Å²) in [5.41, 5.74) is 0. The van der Waals surface area contributed by atoms with Crippen LogP contribution in [-0.2, 0) is 23.8 Å². The normalized spacial score (nSPS) is 28.9. The van der Waals surface area contributed by atoms with Crippen LogP contribution < -0.4 is 0 Å². The lowest BCUT2D eigenvalue weighted by Crippen LogP contribution is -2.31. The predicted octanol–water partition coefficient (Wildman–Crippen LogP) is 6.53. The number of rotatable bonds is 13. The summed E-state index contributed by atoms with van der Waals surface area (Å²) in [4.78, 5) is 23.9. The molecule has 1 saturated heterocycles. The van der Waals surface area contributed by atoms with Crippen molar-refractivity contribution in [3.8, 4) is 0 Å². The lowest BCUT2D eigenvalue weighted by Gasteiger charge is -2.30. The van der Waals surface area contributed by atoms with Crippen molar-refractivity contribution >= 4 is 11.8 Å². The van der Waals surface area contributed by atoms with Crippen molar-refractivity contribution in [1.29, 1.82) is 0 Å². The van der Waals surface area contributed by atoms with E-state index in [0.29, 0.717) is 30.0 Å². The molecular weight excluding hydrogens is 416 g/mol. The minimum absolute atomic E-state index is 0.0537.